The SMILES string of the molecule is COc1ccc(-c2csc(=Nc3cccnc3)n2CCc2ccc(OC)c(OC)c2)c(OC)c1. The highest BCUT2D eigenvalue weighted by atomic mass is 32.1. The van der Waals surface area contributed by atoms with E-state index in [9.17, 15) is 0 Å². The number of pyridine rings is 1. The first-order valence-electron chi connectivity index (χ1n) is 10.7. The lowest BCUT2D eigenvalue weighted by Crippen LogP contribution is -2.17. The van der Waals surface area contributed by atoms with E-state index < -0.39 is 0 Å². The monoisotopic (exact) mass is 477 g/mol. The van der Waals surface area contributed by atoms with Gasteiger partial charge in [-0.3, -0.25) is 4.98 Å². The Morgan fingerprint density at radius 1 is 0.882 bits per heavy atom. The molecule has 2 aromatic heterocycles. The van der Waals surface area contributed by atoms with Gasteiger partial charge in [0.05, 0.1) is 46.0 Å². The van der Waals surface area contributed by atoms with Gasteiger partial charge in [0.25, 0.3) is 0 Å². The van der Waals surface area contributed by atoms with Gasteiger partial charge in [-0.25, -0.2) is 4.99 Å². The average Bonchev–Trinajstić information content (AvgIpc) is 3.29. The molecule has 176 valence electrons. The summed E-state index contributed by atoms with van der Waals surface area (Å²) in [6.45, 7) is 0.711. The Hall–Kier alpha value is -3.78. The summed E-state index contributed by atoms with van der Waals surface area (Å²) in [5.41, 5.74) is 3.93. The minimum absolute atomic E-state index is 0.711. The molecule has 2 heterocycles. The number of thiazole rings is 1. The molecular formula is C26H27N3O4S. The van der Waals surface area contributed by atoms with Crippen LogP contribution in [-0.2, 0) is 13.0 Å². The van der Waals surface area contributed by atoms with Crippen LogP contribution in [0.15, 0.2) is 71.3 Å². The number of nitrogens with zero attached hydrogens (tertiary/aromatic N) is 3. The van der Waals surface area contributed by atoms with Crippen molar-refractivity contribution in [3.05, 3.63) is 76.7 Å². The summed E-state index contributed by atoms with van der Waals surface area (Å²) in [6, 6.07) is 15.7. The van der Waals surface area contributed by atoms with Crippen LogP contribution in [0.25, 0.3) is 11.3 Å². The van der Waals surface area contributed by atoms with Gasteiger partial charge in [0.2, 0.25) is 0 Å². The highest BCUT2D eigenvalue weighted by molar-refractivity contribution is 7.07. The summed E-state index contributed by atoms with van der Waals surface area (Å²) in [4.78, 5) is 9.93. The maximum Gasteiger partial charge on any atom is 0.190 e. The molecule has 7 nitrogen and oxygen atoms in total. The first kappa shape index (κ1) is 23.4. The lowest BCUT2D eigenvalue weighted by molar-refractivity contribution is 0.354. The molecule has 0 atom stereocenters. The molecule has 0 saturated carbocycles. The molecule has 0 aliphatic carbocycles. The highest BCUT2D eigenvalue weighted by Gasteiger charge is 2.15. The molecule has 0 unspecified atom stereocenters. The number of hydrogen-bond donors (Lipinski definition) is 0. The molecule has 2 aromatic carbocycles. The predicted molar refractivity (Wildman–Crippen MR) is 134 cm³/mol. The van der Waals surface area contributed by atoms with Crippen molar-refractivity contribution in [2.24, 2.45) is 4.99 Å². The van der Waals surface area contributed by atoms with Crippen molar-refractivity contribution in [2.75, 3.05) is 28.4 Å². The van der Waals surface area contributed by atoms with Crippen molar-refractivity contribution in [1.82, 2.24) is 9.55 Å². The van der Waals surface area contributed by atoms with Gasteiger partial charge in [-0.15, -0.1) is 11.3 Å². The largest absolute Gasteiger partial charge is 0.497 e. The van der Waals surface area contributed by atoms with Gasteiger partial charge in [-0.2, -0.15) is 0 Å². The van der Waals surface area contributed by atoms with Gasteiger partial charge in [0.15, 0.2) is 16.3 Å². The quantitative estimate of drug-likeness (QED) is 0.335. The first-order valence-corrected chi connectivity index (χ1v) is 11.6. The van der Waals surface area contributed by atoms with E-state index in [0.29, 0.717) is 18.0 Å². The fourth-order valence-electron chi connectivity index (χ4n) is 3.67. The smallest absolute Gasteiger partial charge is 0.190 e. The Bertz CT molecular complexity index is 1320. The zero-order valence-electron chi connectivity index (χ0n) is 19.6. The lowest BCUT2D eigenvalue weighted by atomic mass is 10.1. The van der Waals surface area contributed by atoms with Gasteiger partial charge in [0, 0.05) is 29.8 Å². The van der Waals surface area contributed by atoms with Crippen molar-refractivity contribution in [3.8, 4) is 34.3 Å². The maximum atomic E-state index is 5.68. The fourth-order valence-corrected chi connectivity index (χ4v) is 4.61. The average molecular weight is 478 g/mol. The number of hydrogen-bond acceptors (Lipinski definition) is 7. The number of ether oxygens (including phenoxy) is 4. The van der Waals surface area contributed by atoms with Crippen molar-refractivity contribution in [3.63, 3.8) is 0 Å². The van der Waals surface area contributed by atoms with Crippen molar-refractivity contribution < 1.29 is 18.9 Å². The Labute approximate surface area is 202 Å². The summed E-state index contributed by atoms with van der Waals surface area (Å²) in [5, 5.41) is 2.11. The van der Waals surface area contributed by atoms with Crippen LogP contribution in [0, 0.1) is 0 Å². The highest BCUT2D eigenvalue weighted by Crippen LogP contribution is 2.34. The maximum absolute atomic E-state index is 5.68. The molecule has 0 aliphatic heterocycles. The van der Waals surface area contributed by atoms with Gasteiger partial charge in [-0.1, -0.05) is 6.07 Å². The Balaban J connectivity index is 1.76. The van der Waals surface area contributed by atoms with Crippen molar-refractivity contribution in [2.45, 2.75) is 13.0 Å². The van der Waals surface area contributed by atoms with E-state index in [-0.39, 0.29) is 0 Å². The number of rotatable bonds is 9. The fraction of sp³-hybridized carbons (Fsp3) is 0.231. The van der Waals surface area contributed by atoms with Gasteiger partial charge < -0.3 is 23.5 Å². The van der Waals surface area contributed by atoms with Crippen LogP contribution in [0.5, 0.6) is 23.0 Å². The zero-order valence-corrected chi connectivity index (χ0v) is 20.5. The number of aromatic nitrogens is 2. The van der Waals surface area contributed by atoms with Crippen LogP contribution in [0.4, 0.5) is 5.69 Å². The predicted octanol–water partition coefficient (Wildman–Crippen LogP) is 5.12. The van der Waals surface area contributed by atoms with Gasteiger partial charge in [-0.05, 0) is 48.4 Å². The van der Waals surface area contributed by atoms with Crippen LogP contribution < -0.4 is 23.7 Å². The van der Waals surface area contributed by atoms with Crippen LogP contribution >= 0.6 is 11.3 Å². The minimum atomic E-state index is 0.711. The summed E-state index contributed by atoms with van der Waals surface area (Å²) < 4.78 is 24.1. The second-order valence-electron chi connectivity index (χ2n) is 7.38. The molecule has 4 rings (SSSR count). The summed E-state index contributed by atoms with van der Waals surface area (Å²) in [5.74, 6) is 2.91. The van der Waals surface area contributed by atoms with Crippen molar-refractivity contribution in [1.29, 1.82) is 0 Å². The molecule has 4 aromatic rings. The van der Waals surface area contributed by atoms with Gasteiger partial charge >= 0.3 is 0 Å². The zero-order chi connectivity index (χ0) is 23.9. The second kappa shape index (κ2) is 10.9. The Morgan fingerprint density at radius 3 is 2.41 bits per heavy atom. The molecule has 0 saturated heterocycles. The van der Waals surface area contributed by atoms with E-state index in [2.05, 4.69) is 21.0 Å². The third-order valence-corrected chi connectivity index (χ3v) is 6.29. The first-order chi connectivity index (χ1) is 16.7. The normalized spacial score (nSPS) is 11.4. The van der Waals surface area contributed by atoms with Crippen molar-refractivity contribution >= 4 is 17.0 Å². The van der Waals surface area contributed by atoms with E-state index in [1.807, 2.05) is 42.5 Å². The summed E-state index contributed by atoms with van der Waals surface area (Å²) in [7, 11) is 6.60. The number of aryl methyl sites for hydroxylation is 1. The summed E-state index contributed by atoms with van der Waals surface area (Å²) >= 11 is 1.58. The Kier molecular flexibility index (Phi) is 7.49. The summed E-state index contributed by atoms with van der Waals surface area (Å²) in [6.07, 6.45) is 4.28. The molecule has 0 spiro atoms. The molecule has 0 fully saturated rings. The van der Waals surface area contributed by atoms with E-state index in [1.165, 1.54) is 0 Å². The standard InChI is InChI=1S/C26H27N3O4S/c1-30-20-8-9-21(24(15-20)32-3)22-17-34-26(28-19-6-5-12-27-16-19)29(22)13-11-18-7-10-23(31-2)25(14-18)33-4/h5-10,12,14-17H,11,13H2,1-4H3. The Morgan fingerprint density at radius 2 is 1.71 bits per heavy atom. The van der Waals surface area contributed by atoms with Crippen LogP contribution in [0.2, 0.25) is 0 Å². The van der Waals surface area contributed by atoms with Gasteiger partial charge in [0.1, 0.15) is 11.5 Å². The molecule has 0 bridgehead atoms. The number of methoxy groups -OCH3 is 4. The molecule has 0 aliphatic rings. The van der Waals surface area contributed by atoms with E-state index in [1.54, 1.807) is 52.2 Å². The van der Waals surface area contributed by atoms with Crippen LogP contribution in [-0.4, -0.2) is 38.0 Å². The molecule has 0 N–H and O–H groups in total. The molecule has 8 heteroatoms. The lowest BCUT2D eigenvalue weighted by Gasteiger charge is -2.14. The minimum Gasteiger partial charge on any atom is -0.497 e. The topological polar surface area (TPSA) is 67.1 Å². The molecule has 34 heavy (non-hydrogen) atoms. The number of benzene rings is 2. The molecular weight excluding hydrogens is 450 g/mol. The third kappa shape index (κ3) is 5.07. The second-order valence-corrected chi connectivity index (χ2v) is 8.22. The van der Waals surface area contributed by atoms with E-state index in [0.717, 1.165) is 45.2 Å². The molecule has 0 amide bonds. The van der Waals surface area contributed by atoms with E-state index >= 15 is 0 Å². The molecule has 0 radical (unpaired) electrons. The van der Waals surface area contributed by atoms with Crippen LogP contribution in [0.3, 0.4) is 0 Å². The third-order valence-electron chi connectivity index (χ3n) is 5.43. The van der Waals surface area contributed by atoms with E-state index in [4.69, 9.17) is 23.9 Å². The van der Waals surface area contributed by atoms with Crippen LogP contribution in [0.1, 0.15) is 5.56 Å².